The van der Waals surface area contributed by atoms with Crippen LogP contribution in [0.3, 0.4) is 0 Å². The molecule has 3 unspecified atom stereocenters. The van der Waals surface area contributed by atoms with Gasteiger partial charge in [0.1, 0.15) is 12.2 Å². The number of carbonyl (C=O) groups is 2. The molecule has 3 fully saturated rings. The second kappa shape index (κ2) is 4.38. The van der Waals surface area contributed by atoms with Crippen molar-refractivity contribution in [1.29, 1.82) is 0 Å². The quantitative estimate of drug-likeness (QED) is 0.690. The predicted octanol–water partition coefficient (Wildman–Crippen LogP) is 0.0449. The lowest BCUT2D eigenvalue weighted by molar-refractivity contribution is -0.168. The van der Waals surface area contributed by atoms with Gasteiger partial charge in [0.15, 0.2) is 0 Å². The minimum Gasteiger partial charge on any atom is -0.355 e. The summed E-state index contributed by atoms with van der Waals surface area (Å²) in [6, 6.07) is 0.272. The molecular weight excluding hydrogens is 220 g/mol. The molecule has 3 atom stereocenters. The highest BCUT2D eigenvalue weighted by atomic mass is 16.5. The lowest BCUT2D eigenvalue weighted by atomic mass is 10.0. The zero-order valence-electron chi connectivity index (χ0n) is 9.85. The first-order valence-electron chi connectivity index (χ1n) is 6.50. The molecule has 0 aromatic carbocycles. The number of piperidine rings is 1. The summed E-state index contributed by atoms with van der Waals surface area (Å²) in [6.07, 6.45) is 4.09. The lowest BCUT2D eigenvalue weighted by Gasteiger charge is -2.34. The molecule has 17 heavy (non-hydrogen) atoms. The Morgan fingerprint density at radius 1 is 1.12 bits per heavy atom. The average Bonchev–Trinajstić information content (AvgIpc) is 2.81. The van der Waals surface area contributed by atoms with Crippen LogP contribution in [0.5, 0.6) is 0 Å². The van der Waals surface area contributed by atoms with Gasteiger partial charge in [0, 0.05) is 12.6 Å². The molecule has 0 radical (unpaired) electrons. The number of nitrogens with zero attached hydrogens (tertiary/aromatic N) is 1. The Hall–Kier alpha value is -0.940. The van der Waals surface area contributed by atoms with Crippen LogP contribution in [0.15, 0.2) is 0 Å². The molecule has 0 saturated carbocycles. The Morgan fingerprint density at radius 2 is 1.82 bits per heavy atom. The highest BCUT2D eigenvalue weighted by Crippen LogP contribution is 2.28. The number of fused-ring (bicyclic) bond motifs is 2. The fraction of sp³-hybridized carbons (Fsp3) is 0.833. The number of carbonyl (C=O) groups excluding carboxylic acids is 2. The molecule has 5 nitrogen and oxygen atoms in total. The molecule has 0 aromatic rings. The summed E-state index contributed by atoms with van der Waals surface area (Å²) < 4.78 is 5.38. The first-order chi connectivity index (χ1) is 8.25. The van der Waals surface area contributed by atoms with Gasteiger partial charge < -0.3 is 10.1 Å². The number of ether oxygens (including phenoxy) is 1. The molecule has 2 bridgehead atoms. The Morgan fingerprint density at radius 3 is 2.41 bits per heavy atom. The van der Waals surface area contributed by atoms with Gasteiger partial charge in [-0.1, -0.05) is 6.42 Å². The number of imide groups is 1. The normalized spacial score (nSPS) is 37.6. The third-order valence-corrected chi connectivity index (χ3v) is 3.92. The molecule has 1 N–H and O–H groups in total. The van der Waals surface area contributed by atoms with Crippen LogP contribution >= 0.6 is 0 Å². The van der Waals surface area contributed by atoms with Gasteiger partial charge in [-0.15, -0.1) is 0 Å². The van der Waals surface area contributed by atoms with E-state index in [0.29, 0.717) is 19.4 Å². The topological polar surface area (TPSA) is 58.6 Å². The third kappa shape index (κ3) is 1.98. The van der Waals surface area contributed by atoms with Gasteiger partial charge in [0.2, 0.25) is 0 Å². The van der Waals surface area contributed by atoms with Gasteiger partial charge in [-0.25, -0.2) is 0 Å². The minimum atomic E-state index is -0.360. The van der Waals surface area contributed by atoms with Crippen molar-refractivity contribution in [2.24, 2.45) is 0 Å². The monoisotopic (exact) mass is 238 g/mol. The van der Waals surface area contributed by atoms with Crippen LogP contribution < -0.4 is 5.32 Å². The summed E-state index contributed by atoms with van der Waals surface area (Å²) in [7, 11) is 0. The maximum absolute atomic E-state index is 12.0. The molecule has 5 heteroatoms. The molecule has 2 amide bonds. The van der Waals surface area contributed by atoms with Crippen molar-refractivity contribution in [3.05, 3.63) is 0 Å². The van der Waals surface area contributed by atoms with Crippen molar-refractivity contribution in [1.82, 2.24) is 10.2 Å². The fourth-order valence-corrected chi connectivity index (χ4v) is 2.94. The zero-order valence-corrected chi connectivity index (χ0v) is 9.85. The molecule has 0 aliphatic carbocycles. The van der Waals surface area contributed by atoms with E-state index in [-0.39, 0.29) is 30.1 Å². The largest absolute Gasteiger partial charge is 0.355 e. The van der Waals surface area contributed by atoms with E-state index in [1.807, 2.05) is 0 Å². The second-order valence-corrected chi connectivity index (χ2v) is 5.12. The van der Waals surface area contributed by atoms with Crippen LogP contribution in [-0.2, 0) is 14.3 Å². The molecule has 0 aromatic heterocycles. The van der Waals surface area contributed by atoms with Gasteiger partial charge in [-0.3, -0.25) is 14.5 Å². The summed E-state index contributed by atoms with van der Waals surface area (Å²) in [5.74, 6) is -0.257. The van der Waals surface area contributed by atoms with Crippen LogP contribution in [-0.4, -0.2) is 48.1 Å². The van der Waals surface area contributed by atoms with Crippen molar-refractivity contribution in [2.45, 2.75) is 50.4 Å². The summed E-state index contributed by atoms with van der Waals surface area (Å²) >= 11 is 0. The van der Waals surface area contributed by atoms with Gasteiger partial charge in [-0.2, -0.15) is 0 Å². The standard InChI is InChI=1S/C12H18N2O3/c15-11-9-4-5-10(17-9)12(16)14(11)7-8-3-1-2-6-13-8/h8-10,13H,1-7H2. The maximum atomic E-state index is 12.0. The van der Waals surface area contributed by atoms with Crippen molar-refractivity contribution in [2.75, 3.05) is 13.1 Å². The minimum absolute atomic E-state index is 0.129. The van der Waals surface area contributed by atoms with Crippen LogP contribution in [0.25, 0.3) is 0 Å². The van der Waals surface area contributed by atoms with Crippen molar-refractivity contribution >= 4 is 11.8 Å². The van der Waals surface area contributed by atoms with Crippen LogP contribution in [0.2, 0.25) is 0 Å². The predicted molar refractivity (Wildman–Crippen MR) is 60.3 cm³/mol. The van der Waals surface area contributed by atoms with E-state index in [9.17, 15) is 9.59 Å². The van der Waals surface area contributed by atoms with Crippen molar-refractivity contribution < 1.29 is 14.3 Å². The summed E-state index contributed by atoms with van der Waals surface area (Å²) in [5, 5.41) is 3.37. The van der Waals surface area contributed by atoms with Crippen LogP contribution in [0, 0.1) is 0 Å². The number of rotatable bonds is 2. The smallest absolute Gasteiger partial charge is 0.258 e. The number of morpholine rings is 1. The van der Waals surface area contributed by atoms with E-state index >= 15 is 0 Å². The van der Waals surface area contributed by atoms with Gasteiger partial charge >= 0.3 is 0 Å². The molecule has 0 spiro atoms. The van der Waals surface area contributed by atoms with Crippen molar-refractivity contribution in [3.63, 3.8) is 0 Å². The fourth-order valence-electron chi connectivity index (χ4n) is 2.94. The zero-order chi connectivity index (χ0) is 11.8. The van der Waals surface area contributed by atoms with Crippen LogP contribution in [0.1, 0.15) is 32.1 Å². The first-order valence-corrected chi connectivity index (χ1v) is 6.50. The van der Waals surface area contributed by atoms with Gasteiger partial charge in [-0.05, 0) is 32.2 Å². The number of amides is 2. The Bertz CT molecular complexity index is 317. The molecular formula is C12H18N2O3. The van der Waals surface area contributed by atoms with E-state index in [1.165, 1.54) is 17.7 Å². The van der Waals surface area contributed by atoms with E-state index in [4.69, 9.17) is 4.74 Å². The van der Waals surface area contributed by atoms with E-state index in [0.717, 1.165) is 13.0 Å². The maximum Gasteiger partial charge on any atom is 0.258 e. The molecule has 3 saturated heterocycles. The molecule has 3 aliphatic rings. The first kappa shape index (κ1) is 11.2. The van der Waals surface area contributed by atoms with E-state index in [2.05, 4.69) is 5.32 Å². The average molecular weight is 238 g/mol. The number of nitrogens with one attached hydrogen (secondary N) is 1. The molecule has 94 valence electrons. The lowest BCUT2D eigenvalue weighted by Crippen LogP contribution is -2.56. The van der Waals surface area contributed by atoms with Gasteiger partial charge in [0.05, 0.1) is 0 Å². The molecule has 3 rings (SSSR count). The number of hydrogen-bond acceptors (Lipinski definition) is 4. The highest BCUT2D eigenvalue weighted by molar-refractivity contribution is 6.02. The highest BCUT2D eigenvalue weighted by Gasteiger charge is 2.46. The third-order valence-electron chi connectivity index (χ3n) is 3.92. The SMILES string of the molecule is O=C1C2CCC(O2)C(=O)N1CC1CCCCN1. The van der Waals surface area contributed by atoms with Crippen molar-refractivity contribution in [3.8, 4) is 0 Å². The summed E-state index contributed by atoms with van der Waals surface area (Å²) in [5.41, 5.74) is 0. The van der Waals surface area contributed by atoms with E-state index < -0.39 is 0 Å². The Kier molecular flexibility index (Phi) is 2.88. The summed E-state index contributed by atoms with van der Waals surface area (Å²) in [4.78, 5) is 25.5. The second-order valence-electron chi connectivity index (χ2n) is 5.12. The molecule has 3 heterocycles. The summed E-state index contributed by atoms with van der Waals surface area (Å²) in [6.45, 7) is 1.51. The number of likely N-dealkylation sites (tertiary alicyclic amines) is 1. The Balaban J connectivity index is 1.68. The Labute approximate surface area is 100 Å². The van der Waals surface area contributed by atoms with Crippen LogP contribution in [0.4, 0.5) is 0 Å². The van der Waals surface area contributed by atoms with Gasteiger partial charge in [0.25, 0.3) is 11.8 Å². The number of hydrogen-bond donors (Lipinski definition) is 1. The van der Waals surface area contributed by atoms with E-state index in [1.54, 1.807) is 0 Å². The molecule has 3 aliphatic heterocycles.